The van der Waals surface area contributed by atoms with E-state index in [2.05, 4.69) is 10.6 Å². The molecule has 0 aliphatic carbocycles. The van der Waals surface area contributed by atoms with E-state index in [4.69, 9.17) is 9.47 Å². The second kappa shape index (κ2) is 13.0. The number of amides is 2. The van der Waals surface area contributed by atoms with Crippen molar-refractivity contribution in [2.45, 2.75) is 69.8 Å². The molecule has 15 heteroatoms. The van der Waals surface area contributed by atoms with Crippen molar-refractivity contribution in [1.82, 2.24) is 14.9 Å². The Morgan fingerprint density at radius 1 is 0.946 bits per heavy atom. The summed E-state index contributed by atoms with van der Waals surface area (Å²) in [6.07, 6.45) is -4.64. The number of nitrogens with one attached hydrogen (secondary N) is 2. The molecule has 4 N–H and O–H groups in total. The number of ether oxygens (including phenoxy) is 2. The lowest BCUT2D eigenvalue weighted by Crippen LogP contribution is -2.48. The van der Waals surface area contributed by atoms with Crippen LogP contribution in [0.1, 0.15) is 41.5 Å². The zero-order valence-corrected chi connectivity index (χ0v) is 22.6. The van der Waals surface area contributed by atoms with Gasteiger partial charge in [-0.1, -0.05) is 12.1 Å². The molecular weight excluding hydrogens is 512 g/mol. The minimum Gasteiger partial charge on any atom is -0.444 e. The first-order valence-corrected chi connectivity index (χ1v) is 12.8. The first kappa shape index (κ1) is 32.0. The van der Waals surface area contributed by atoms with Crippen molar-refractivity contribution in [3.63, 3.8) is 0 Å². The third kappa shape index (κ3) is 11.7. The van der Waals surface area contributed by atoms with Crippen LogP contribution in [-0.2, 0) is 19.5 Å². The number of alkyl carbamates (subject to hydrolysis) is 2. The third-order valence-electron chi connectivity index (χ3n) is 4.27. The van der Waals surface area contributed by atoms with E-state index >= 15 is 0 Å². The SMILES string of the molecule is CC(C)(C)OC(=O)NC[C@H](O)CN(C[C@@H](O)CNC(=O)OC(C)(C)C)S(=O)(=O)c1ccccc1[N+](=O)[O-]. The number of nitro benzene ring substituents is 1. The first-order valence-electron chi connectivity index (χ1n) is 11.3. The van der Waals surface area contributed by atoms with Crippen LogP contribution in [0.4, 0.5) is 15.3 Å². The maximum atomic E-state index is 13.4. The normalized spacial score (nSPS) is 14.0. The second-order valence-corrected chi connectivity index (χ2v) is 12.0. The van der Waals surface area contributed by atoms with Gasteiger partial charge >= 0.3 is 12.2 Å². The van der Waals surface area contributed by atoms with Crippen LogP contribution in [0.15, 0.2) is 29.2 Å². The fourth-order valence-electron chi connectivity index (χ4n) is 2.87. The lowest BCUT2D eigenvalue weighted by molar-refractivity contribution is -0.387. The highest BCUT2D eigenvalue weighted by atomic mass is 32.2. The predicted octanol–water partition coefficient (Wildman–Crippen LogP) is 1.36. The third-order valence-corrected chi connectivity index (χ3v) is 6.15. The summed E-state index contributed by atoms with van der Waals surface area (Å²) in [5.74, 6) is 0. The Morgan fingerprint density at radius 2 is 1.35 bits per heavy atom. The fraction of sp³-hybridized carbons (Fsp3) is 0.636. The van der Waals surface area contributed by atoms with Crippen LogP contribution >= 0.6 is 0 Å². The molecule has 1 rings (SSSR count). The van der Waals surface area contributed by atoms with E-state index in [9.17, 15) is 38.3 Å². The maximum absolute atomic E-state index is 13.4. The molecular formula is C22H36N4O10S. The Labute approximate surface area is 216 Å². The van der Waals surface area contributed by atoms with Crippen molar-refractivity contribution >= 4 is 27.9 Å². The van der Waals surface area contributed by atoms with Gasteiger partial charge in [0.15, 0.2) is 4.90 Å². The number of hydrogen-bond acceptors (Lipinski definition) is 10. The lowest BCUT2D eigenvalue weighted by atomic mass is 10.2. The molecule has 0 spiro atoms. The summed E-state index contributed by atoms with van der Waals surface area (Å²) in [5.41, 5.74) is -2.31. The first-order chi connectivity index (χ1) is 16.8. The predicted molar refractivity (Wildman–Crippen MR) is 132 cm³/mol. The highest BCUT2D eigenvalue weighted by molar-refractivity contribution is 7.89. The van der Waals surface area contributed by atoms with Crippen LogP contribution in [0.3, 0.4) is 0 Å². The zero-order chi connectivity index (χ0) is 28.6. The number of hydrogen-bond donors (Lipinski definition) is 4. The van der Waals surface area contributed by atoms with Gasteiger partial charge in [-0.05, 0) is 47.6 Å². The maximum Gasteiger partial charge on any atom is 0.407 e. The minimum atomic E-state index is -4.62. The molecule has 1 aromatic carbocycles. The molecule has 0 aromatic heterocycles. The van der Waals surface area contributed by atoms with Crippen molar-refractivity contribution in [3.8, 4) is 0 Å². The molecule has 0 aliphatic rings. The molecule has 0 fully saturated rings. The standard InChI is InChI=1S/C22H36N4O10S/c1-21(2,3)35-19(29)23-11-15(27)13-25(14-16(28)12-24-20(30)36-22(4,5)6)37(33,34)18-10-8-7-9-17(18)26(31)32/h7-10,15-16,27-28H,11-14H2,1-6H3,(H,23,29)(H,24,30)/t15-,16-/m0/s1. The average molecular weight is 549 g/mol. The van der Waals surface area contributed by atoms with Gasteiger partial charge < -0.3 is 30.3 Å². The summed E-state index contributed by atoms with van der Waals surface area (Å²) < 4.78 is 37.5. The van der Waals surface area contributed by atoms with Crippen molar-refractivity contribution in [3.05, 3.63) is 34.4 Å². The van der Waals surface area contributed by atoms with Crippen molar-refractivity contribution < 1.29 is 42.6 Å². The topological polar surface area (TPSA) is 198 Å². The summed E-state index contributed by atoms with van der Waals surface area (Å²) in [7, 11) is -4.62. The summed E-state index contributed by atoms with van der Waals surface area (Å²) in [4.78, 5) is 33.6. The van der Waals surface area contributed by atoms with Gasteiger partial charge in [0.1, 0.15) is 11.2 Å². The zero-order valence-electron chi connectivity index (χ0n) is 21.8. The van der Waals surface area contributed by atoms with Gasteiger partial charge in [-0.3, -0.25) is 10.1 Å². The molecule has 0 heterocycles. The van der Waals surface area contributed by atoms with Gasteiger partial charge in [0.2, 0.25) is 10.0 Å². The molecule has 0 saturated heterocycles. The molecule has 1 aromatic rings. The highest BCUT2D eigenvalue weighted by Crippen LogP contribution is 2.26. The molecule has 2 amide bonds. The number of carbonyl (C=O) groups is 2. The van der Waals surface area contributed by atoms with Gasteiger partial charge in [-0.2, -0.15) is 4.31 Å². The molecule has 210 valence electrons. The van der Waals surface area contributed by atoms with Gasteiger partial charge in [0.05, 0.1) is 17.1 Å². The van der Waals surface area contributed by atoms with Gasteiger partial charge in [0, 0.05) is 32.2 Å². The van der Waals surface area contributed by atoms with E-state index in [0.29, 0.717) is 4.31 Å². The molecule has 0 bridgehead atoms. The summed E-state index contributed by atoms with van der Waals surface area (Å²) in [6.45, 7) is 7.70. The summed E-state index contributed by atoms with van der Waals surface area (Å²) in [5, 5.41) is 36.9. The van der Waals surface area contributed by atoms with E-state index in [1.54, 1.807) is 41.5 Å². The fourth-order valence-corrected chi connectivity index (χ4v) is 4.54. The number of aliphatic hydroxyl groups is 2. The Balaban J connectivity index is 3.09. The Hall–Kier alpha value is -3.01. The Morgan fingerprint density at radius 3 is 1.73 bits per heavy atom. The number of rotatable bonds is 11. The molecule has 0 saturated carbocycles. The smallest absolute Gasteiger partial charge is 0.407 e. The average Bonchev–Trinajstić information content (AvgIpc) is 2.73. The Kier molecular flexibility index (Phi) is 11.2. The second-order valence-electron chi connectivity index (χ2n) is 10.1. The van der Waals surface area contributed by atoms with Crippen molar-refractivity contribution in [1.29, 1.82) is 0 Å². The van der Waals surface area contributed by atoms with Crippen LogP contribution in [-0.4, -0.2) is 89.6 Å². The number of nitrogens with zero attached hydrogens (tertiary/aromatic N) is 2. The van der Waals surface area contributed by atoms with Crippen LogP contribution in [0.25, 0.3) is 0 Å². The van der Waals surface area contributed by atoms with E-state index in [0.717, 1.165) is 12.1 Å². The van der Waals surface area contributed by atoms with E-state index in [1.165, 1.54) is 12.1 Å². The number of para-hydroxylation sites is 1. The van der Waals surface area contributed by atoms with Crippen molar-refractivity contribution in [2.24, 2.45) is 0 Å². The van der Waals surface area contributed by atoms with Crippen LogP contribution in [0.2, 0.25) is 0 Å². The number of benzene rings is 1. The van der Waals surface area contributed by atoms with E-state index < -0.39 is 87.3 Å². The molecule has 0 radical (unpaired) electrons. The largest absolute Gasteiger partial charge is 0.444 e. The van der Waals surface area contributed by atoms with Crippen LogP contribution in [0.5, 0.6) is 0 Å². The van der Waals surface area contributed by atoms with E-state index in [1.807, 2.05) is 0 Å². The van der Waals surface area contributed by atoms with Crippen LogP contribution < -0.4 is 10.6 Å². The number of carbonyl (C=O) groups excluding carboxylic acids is 2. The molecule has 2 atom stereocenters. The van der Waals surface area contributed by atoms with Gasteiger partial charge in [-0.25, -0.2) is 18.0 Å². The molecule has 14 nitrogen and oxygen atoms in total. The quantitative estimate of drug-likeness (QED) is 0.231. The minimum absolute atomic E-state index is 0.413. The molecule has 0 aliphatic heterocycles. The molecule has 0 unspecified atom stereocenters. The number of aliphatic hydroxyl groups excluding tert-OH is 2. The Bertz CT molecular complexity index is 1010. The van der Waals surface area contributed by atoms with Gasteiger partial charge in [-0.15, -0.1) is 0 Å². The van der Waals surface area contributed by atoms with Gasteiger partial charge in [0.25, 0.3) is 5.69 Å². The lowest BCUT2D eigenvalue weighted by Gasteiger charge is -2.27. The summed E-state index contributed by atoms with van der Waals surface area (Å²) in [6, 6.07) is 4.61. The van der Waals surface area contributed by atoms with Crippen LogP contribution in [0, 0.1) is 10.1 Å². The monoisotopic (exact) mass is 548 g/mol. The number of sulfonamides is 1. The summed E-state index contributed by atoms with van der Waals surface area (Å²) >= 11 is 0. The van der Waals surface area contributed by atoms with Crippen molar-refractivity contribution in [2.75, 3.05) is 26.2 Å². The highest BCUT2D eigenvalue weighted by Gasteiger charge is 2.34. The molecule has 37 heavy (non-hydrogen) atoms. The number of nitro groups is 1. The van der Waals surface area contributed by atoms with E-state index in [-0.39, 0.29) is 0 Å².